The van der Waals surface area contributed by atoms with Crippen molar-refractivity contribution in [1.29, 1.82) is 0 Å². The van der Waals surface area contributed by atoms with E-state index in [2.05, 4.69) is 26.6 Å². The first-order chi connectivity index (χ1) is 17.4. The topological polar surface area (TPSA) is 35.5 Å². The molecule has 4 heteroatoms. The third kappa shape index (κ3) is 28.2. The van der Waals surface area contributed by atoms with Crippen LogP contribution in [0.5, 0.6) is 0 Å². The molecule has 1 atom stereocenters. The highest BCUT2D eigenvalue weighted by molar-refractivity contribution is 6.69. The average molecular weight is 527 g/mol. The maximum absolute atomic E-state index is 11.4. The Labute approximate surface area is 228 Å². The molecule has 0 aromatic carbocycles. The second kappa shape index (κ2) is 26.3. The van der Waals surface area contributed by atoms with Crippen molar-refractivity contribution >= 4 is 14.3 Å². The zero-order chi connectivity index (χ0) is 26.7. The Bertz CT molecular complexity index is 461. The number of rotatable bonds is 28. The van der Waals surface area contributed by atoms with Crippen LogP contribution in [0.4, 0.5) is 0 Å². The molecule has 0 aromatic rings. The first kappa shape index (κ1) is 35.6. The average Bonchev–Trinajstić information content (AvgIpc) is 2.83. The molecule has 0 spiro atoms. The second-order valence-corrected chi connectivity index (χ2v) is 16.6. The van der Waals surface area contributed by atoms with Crippen LogP contribution in [0, 0.1) is 0 Å². The number of esters is 1. The van der Waals surface area contributed by atoms with Crippen LogP contribution in [0.3, 0.4) is 0 Å². The maximum Gasteiger partial charge on any atom is 0.305 e. The van der Waals surface area contributed by atoms with Crippen LogP contribution in [0.15, 0.2) is 0 Å². The molecule has 216 valence electrons. The molecule has 0 saturated carbocycles. The minimum absolute atomic E-state index is 0.101. The van der Waals surface area contributed by atoms with Crippen molar-refractivity contribution in [3.05, 3.63) is 0 Å². The van der Waals surface area contributed by atoms with E-state index in [9.17, 15) is 4.79 Å². The van der Waals surface area contributed by atoms with Gasteiger partial charge in [0.15, 0.2) is 8.32 Å². The third-order valence-electron chi connectivity index (χ3n) is 7.28. The molecular weight excluding hydrogens is 460 g/mol. The number of unbranched alkanes of at least 4 members (excludes halogenated alkanes) is 20. The largest absolute Gasteiger partial charge is 0.469 e. The molecule has 0 radical (unpaired) electrons. The quantitative estimate of drug-likeness (QED) is 0.0577. The van der Waals surface area contributed by atoms with E-state index in [1.165, 1.54) is 142 Å². The molecule has 0 heterocycles. The van der Waals surface area contributed by atoms with Gasteiger partial charge in [-0.05, 0) is 38.9 Å². The Kier molecular flexibility index (Phi) is 26.0. The van der Waals surface area contributed by atoms with Crippen LogP contribution in [-0.2, 0) is 14.0 Å². The van der Waals surface area contributed by atoms with Crippen LogP contribution in [0.1, 0.15) is 167 Å². The van der Waals surface area contributed by atoms with Gasteiger partial charge < -0.3 is 9.16 Å². The Balaban J connectivity index is 3.44. The van der Waals surface area contributed by atoms with E-state index in [-0.39, 0.29) is 5.97 Å². The van der Waals surface area contributed by atoms with Crippen molar-refractivity contribution < 1.29 is 14.0 Å². The van der Waals surface area contributed by atoms with Crippen molar-refractivity contribution in [2.75, 3.05) is 7.11 Å². The SMILES string of the molecule is CCCCCCCCCCCCCCCCCCCCCCCC(CCCC(=O)OC)O[Si](C)(C)C. The normalized spacial score (nSPS) is 12.7. The third-order valence-corrected chi connectivity index (χ3v) is 8.32. The Morgan fingerprint density at radius 2 is 0.889 bits per heavy atom. The number of ether oxygens (including phenoxy) is 1. The van der Waals surface area contributed by atoms with Crippen LogP contribution in [-0.4, -0.2) is 27.5 Å². The van der Waals surface area contributed by atoms with E-state index in [4.69, 9.17) is 9.16 Å². The van der Waals surface area contributed by atoms with Crippen molar-refractivity contribution in [1.82, 2.24) is 0 Å². The molecule has 36 heavy (non-hydrogen) atoms. The van der Waals surface area contributed by atoms with Gasteiger partial charge in [0.05, 0.1) is 7.11 Å². The molecule has 0 aliphatic rings. The number of carbonyl (C=O) groups is 1. The number of carbonyl (C=O) groups excluding carboxylic acids is 1. The van der Waals surface area contributed by atoms with Gasteiger partial charge >= 0.3 is 5.97 Å². The highest BCUT2D eigenvalue weighted by atomic mass is 28.4. The van der Waals surface area contributed by atoms with Crippen LogP contribution in [0.25, 0.3) is 0 Å². The highest BCUT2D eigenvalue weighted by Crippen LogP contribution is 2.20. The summed E-state index contributed by atoms with van der Waals surface area (Å²) in [7, 11) is -0.0688. The van der Waals surface area contributed by atoms with Crippen LogP contribution < -0.4 is 0 Å². The van der Waals surface area contributed by atoms with E-state index in [1.54, 1.807) is 0 Å². The molecule has 0 fully saturated rings. The van der Waals surface area contributed by atoms with E-state index in [0.717, 1.165) is 19.3 Å². The summed E-state index contributed by atoms with van der Waals surface area (Å²) in [6.07, 6.45) is 33.7. The summed E-state index contributed by atoms with van der Waals surface area (Å²) in [6.45, 7) is 9.08. The minimum atomic E-state index is -1.54. The van der Waals surface area contributed by atoms with Crippen LogP contribution in [0.2, 0.25) is 19.6 Å². The fourth-order valence-corrected chi connectivity index (χ4v) is 6.38. The zero-order valence-corrected chi connectivity index (χ0v) is 26.5. The van der Waals surface area contributed by atoms with Gasteiger partial charge in [-0.15, -0.1) is 0 Å². The van der Waals surface area contributed by atoms with E-state index in [1.807, 2.05) is 0 Å². The summed E-state index contributed by atoms with van der Waals surface area (Å²) in [5, 5.41) is 0. The van der Waals surface area contributed by atoms with Gasteiger partial charge in [0, 0.05) is 12.5 Å². The van der Waals surface area contributed by atoms with Crippen molar-refractivity contribution in [3.8, 4) is 0 Å². The van der Waals surface area contributed by atoms with E-state index in [0.29, 0.717) is 12.5 Å². The molecule has 0 bridgehead atoms. The molecule has 3 nitrogen and oxygen atoms in total. The number of methoxy groups -OCH3 is 1. The fraction of sp³-hybridized carbons (Fsp3) is 0.969. The summed E-state index contributed by atoms with van der Waals surface area (Å²) in [5.41, 5.74) is 0. The lowest BCUT2D eigenvalue weighted by Crippen LogP contribution is -2.32. The summed E-state index contributed by atoms with van der Waals surface area (Å²) >= 11 is 0. The van der Waals surface area contributed by atoms with Gasteiger partial charge in [-0.2, -0.15) is 0 Å². The monoisotopic (exact) mass is 526 g/mol. The van der Waals surface area contributed by atoms with Crippen LogP contribution >= 0.6 is 0 Å². The predicted molar refractivity (Wildman–Crippen MR) is 161 cm³/mol. The molecule has 0 aliphatic carbocycles. The first-order valence-corrected chi connectivity index (χ1v) is 19.5. The molecule has 0 aromatic heterocycles. The van der Waals surface area contributed by atoms with E-state index < -0.39 is 8.32 Å². The smallest absolute Gasteiger partial charge is 0.305 e. The van der Waals surface area contributed by atoms with Crippen molar-refractivity contribution in [3.63, 3.8) is 0 Å². The lowest BCUT2D eigenvalue weighted by molar-refractivity contribution is -0.140. The van der Waals surface area contributed by atoms with Gasteiger partial charge in [0.25, 0.3) is 0 Å². The molecule has 0 saturated heterocycles. The first-order valence-electron chi connectivity index (χ1n) is 16.1. The summed E-state index contributed by atoms with van der Waals surface area (Å²) in [5.74, 6) is -0.101. The number of hydrogen-bond donors (Lipinski definition) is 0. The van der Waals surface area contributed by atoms with Crippen molar-refractivity contribution in [2.24, 2.45) is 0 Å². The summed E-state index contributed by atoms with van der Waals surface area (Å²) in [6, 6.07) is 0. The van der Waals surface area contributed by atoms with Gasteiger partial charge in [-0.1, -0.05) is 142 Å². The van der Waals surface area contributed by atoms with E-state index >= 15 is 0 Å². The molecule has 0 N–H and O–H groups in total. The predicted octanol–water partition coefficient (Wildman–Crippen LogP) is 11.2. The zero-order valence-electron chi connectivity index (χ0n) is 25.5. The molecular formula is C32H66O3Si. The maximum atomic E-state index is 11.4. The lowest BCUT2D eigenvalue weighted by Gasteiger charge is -2.26. The van der Waals surface area contributed by atoms with Gasteiger partial charge in [0.1, 0.15) is 0 Å². The standard InChI is InChI=1S/C32H66O3Si/c1-6-7-8-9-10-11-12-13-14-15-16-17-18-19-20-21-22-23-24-25-26-28-31(35-36(3,4)5)29-27-30-32(33)34-2/h31H,6-30H2,1-5H3. The number of hydrogen-bond acceptors (Lipinski definition) is 3. The fourth-order valence-electron chi connectivity index (χ4n) is 5.14. The molecule has 0 amide bonds. The lowest BCUT2D eigenvalue weighted by atomic mass is 10.0. The molecule has 1 unspecified atom stereocenters. The van der Waals surface area contributed by atoms with Gasteiger partial charge in [-0.3, -0.25) is 4.79 Å². The molecule has 0 aliphatic heterocycles. The Hall–Kier alpha value is -0.353. The summed E-state index contributed by atoms with van der Waals surface area (Å²) < 4.78 is 11.2. The molecule has 0 rings (SSSR count). The van der Waals surface area contributed by atoms with Gasteiger partial charge in [0.2, 0.25) is 0 Å². The second-order valence-electron chi connectivity index (χ2n) is 12.2. The van der Waals surface area contributed by atoms with Gasteiger partial charge in [-0.25, -0.2) is 0 Å². The minimum Gasteiger partial charge on any atom is -0.469 e. The van der Waals surface area contributed by atoms with Crippen molar-refractivity contribution in [2.45, 2.75) is 193 Å². The highest BCUT2D eigenvalue weighted by Gasteiger charge is 2.21. The summed E-state index contributed by atoms with van der Waals surface area (Å²) in [4.78, 5) is 11.4. The Morgan fingerprint density at radius 3 is 1.22 bits per heavy atom. The Morgan fingerprint density at radius 1 is 0.556 bits per heavy atom.